The number of nitrogens with two attached hydrogens (primary N) is 1. The number of aryl methyl sites for hydroxylation is 1. The Morgan fingerprint density at radius 1 is 1.12 bits per heavy atom. The highest BCUT2D eigenvalue weighted by molar-refractivity contribution is 5.96. The van der Waals surface area contributed by atoms with E-state index in [0.717, 1.165) is 80.3 Å². The van der Waals surface area contributed by atoms with Crippen molar-refractivity contribution in [2.24, 2.45) is 5.92 Å². The van der Waals surface area contributed by atoms with Gasteiger partial charge in [-0.3, -0.25) is 4.68 Å². The van der Waals surface area contributed by atoms with Gasteiger partial charge in [-0.05, 0) is 51.1 Å². The predicted molar refractivity (Wildman–Crippen MR) is 125 cm³/mol. The number of anilines is 2. The third-order valence-electron chi connectivity index (χ3n) is 6.54. The molecule has 0 unspecified atom stereocenters. The summed E-state index contributed by atoms with van der Waals surface area (Å²) in [5.74, 6) is 1.90. The summed E-state index contributed by atoms with van der Waals surface area (Å²) in [6, 6.07) is 0.344. The van der Waals surface area contributed by atoms with E-state index in [1.54, 1.807) is 6.20 Å². The highest BCUT2D eigenvalue weighted by Crippen LogP contribution is 2.31. The summed E-state index contributed by atoms with van der Waals surface area (Å²) in [6.45, 7) is 6.75. The van der Waals surface area contributed by atoms with Crippen molar-refractivity contribution >= 4 is 22.7 Å². The van der Waals surface area contributed by atoms with Crippen LogP contribution in [0.5, 0.6) is 0 Å². The van der Waals surface area contributed by atoms with Gasteiger partial charge in [0.2, 0.25) is 0 Å². The zero-order valence-corrected chi connectivity index (χ0v) is 18.7. The lowest BCUT2D eigenvalue weighted by atomic mass is 9.98. The Kier molecular flexibility index (Phi) is 6.18. The van der Waals surface area contributed by atoms with Crippen molar-refractivity contribution in [3.05, 3.63) is 24.3 Å². The molecule has 2 fully saturated rings. The minimum atomic E-state index is 0.344. The van der Waals surface area contributed by atoms with Crippen LogP contribution >= 0.6 is 0 Å². The molecule has 0 aliphatic carbocycles. The zero-order valence-electron chi connectivity index (χ0n) is 18.7. The first-order valence-electron chi connectivity index (χ1n) is 11.7. The Morgan fingerprint density at radius 2 is 1.94 bits per heavy atom. The van der Waals surface area contributed by atoms with Gasteiger partial charge in [-0.25, -0.2) is 15.0 Å². The molecular weight excluding hydrogens is 404 g/mol. The molecule has 0 aromatic carbocycles. The van der Waals surface area contributed by atoms with Gasteiger partial charge in [-0.1, -0.05) is 6.92 Å². The van der Waals surface area contributed by atoms with Gasteiger partial charge in [0.05, 0.1) is 11.9 Å². The predicted octanol–water partition coefficient (Wildman–Crippen LogP) is 2.62. The molecule has 32 heavy (non-hydrogen) atoms. The highest BCUT2D eigenvalue weighted by Gasteiger charge is 2.20. The number of rotatable bonds is 6. The van der Waals surface area contributed by atoms with Crippen LogP contribution in [-0.2, 0) is 17.7 Å². The summed E-state index contributed by atoms with van der Waals surface area (Å²) in [4.78, 5) is 14.3. The summed E-state index contributed by atoms with van der Waals surface area (Å²) in [6.07, 6.45) is 10.9. The van der Waals surface area contributed by atoms with Crippen molar-refractivity contribution in [3.8, 4) is 11.1 Å². The summed E-state index contributed by atoms with van der Waals surface area (Å²) in [5.41, 5.74) is 10.5. The Bertz CT molecular complexity index is 1070. The van der Waals surface area contributed by atoms with Gasteiger partial charge in [0.1, 0.15) is 16.9 Å². The van der Waals surface area contributed by atoms with Crippen molar-refractivity contribution in [2.45, 2.75) is 51.6 Å². The third-order valence-corrected chi connectivity index (χ3v) is 6.54. The van der Waals surface area contributed by atoms with E-state index < -0.39 is 0 Å². The van der Waals surface area contributed by atoms with Gasteiger partial charge in [-0.15, -0.1) is 0 Å². The van der Waals surface area contributed by atoms with Gasteiger partial charge < -0.3 is 21.1 Å². The summed E-state index contributed by atoms with van der Waals surface area (Å²) in [5, 5.41) is 11.7. The number of hydrogen-bond donors (Lipinski definition) is 3. The van der Waals surface area contributed by atoms with Crippen molar-refractivity contribution < 1.29 is 4.74 Å². The van der Waals surface area contributed by atoms with E-state index >= 15 is 0 Å². The topological polar surface area (TPSA) is 116 Å². The van der Waals surface area contributed by atoms with Crippen LogP contribution < -0.4 is 16.4 Å². The van der Waals surface area contributed by atoms with Crippen molar-refractivity contribution in [2.75, 3.05) is 37.4 Å². The van der Waals surface area contributed by atoms with E-state index in [1.165, 1.54) is 12.8 Å². The van der Waals surface area contributed by atoms with Gasteiger partial charge in [0, 0.05) is 49.3 Å². The SMILES string of the molecule is CCc1nc2c(N)ncc(-c3cnn(CC4CCNCC4)c3)c2nc1NC1CCOCC1. The molecule has 2 aliphatic rings. The standard InChI is InChI=1S/C23H32N8O/c1-2-19-23(28-17-5-9-32-10-6-17)30-20-18(12-26-22(24)21(20)29-19)16-11-27-31(14-16)13-15-3-7-25-8-4-15/h11-12,14-15,17,25H,2-10,13H2,1H3,(H2,24,26)(H,28,30). The molecule has 4 N–H and O–H groups in total. The lowest BCUT2D eigenvalue weighted by Gasteiger charge is -2.24. The Labute approximate surface area is 188 Å². The zero-order chi connectivity index (χ0) is 21.9. The average molecular weight is 437 g/mol. The van der Waals surface area contributed by atoms with Crippen LogP contribution in [0.1, 0.15) is 38.3 Å². The molecule has 9 nitrogen and oxygen atoms in total. The minimum Gasteiger partial charge on any atom is -0.382 e. The molecule has 170 valence electrons. The van der Waals surface area contributed by atoms with Gasteiger partial charge >= 0.3 is 0 Å². The first kappa shape index (κ1) is 21.1. The number of ether oxygens (including phenoxy) is 1. The van der Waals surface area contributed by atoms with Crippen molar-refractivity contribution in [1.29, 1.82) is 0 Å². The van der Waals surface area contributed by atoms with Crippen molar-refractivity contribution in [3.63, 3.8) is 0 Å². The molecule has 3 aromatic rings. The number of aromatic nitrogens is 5. The van der Waals surface area contributed by atoms with Crippen LogP contribution in [0, 0.1) is 5.92 Å². The van der Waals surface area contributed by atoms with E-state index in [-0.39, 0.29) is 0 Å². The number of nitrogens with zero attached hydrogens (tertiary/aromatic N) is 5. The second kappa shape index (κ2) is 9.38. The van der Waals surface area contributed by atoms with E-state index in [1.807, 2.05) is 10.9 Å². The van der Waals surface area contributed by atoms with Crippen LogP contribution in [0.15, 0.2) is 18.6 Å². The Morgan fingerprint density at radius 3 is 2.72 bits per heavy atom. The molecule has 0 radical (unpaired) electrons. The third kappa shape index (κ3) is 4.40. The molecule has 0 atom stereocenters. The maximum absolute atomic E-state index is 6.21. The number of fused-ring (bicyclic) bond motifs is 1. The van der Waals surface area contributed by atoms with E-state index in [2.05, 4.69) is 33.8 Å². The number of pyridine rings is 1. The van der Waals surface area contributed by atoms with Crippen LogP contribution in [0.2, 0.25) is 0 Å². The Balaban J connectivity index is 1.48. The molecule has 0 saturated carbocycles. The van der Waals surface area contributed by atoms with Crippen LogP contribution in [-0.4, -0.2) is 57.1 Å². The number of nitrogen functional groups attached to an aromatic ring is 1. The van der Waals surface area contributed by atoms with E-state index in [4.69, 9.17) is 20.4 Å². The van der Waals surface area contributed by atoms with Gasteiger partial charge in [-0.2, -0.15) is 5.10 Å². The normalized spacial score (nSPS) is 18.3. The van der Waals surface area contributed by atoms with Crippen LogP contribution in [0.4, 0.5) is 11.6 Å². The summed E-state index contributed by atoms with van der Waals surface area (Å²) in [7, 11) is 0. The molecule has 0 spiro atoms. The second-order valence-corrected chi connectivity index (χ2v) is 8.80. The Hall–Kier alpha value is -2.78. The van der Waals surface area contributed by atoms with Crippen LogP contribution in [0.3, 0.4) is 0 Å². The molecule has 2 saturated heterocycles. The quantitative estimate of drug-likeness (QED) is 0.540. The highest BCUT2D eigenvalue weighted by atomic mass is 16.5. The molecule has 5 rings (SSSR count). The van der Waals surface area contributed by atoms with Gasteiger partial charge in [0.25, 0.3) is 0 Å². The molecule has 9 heteroatoms. The van der Waals surface area contributed by atoms with Crippen LogP contribution in [0.25, 0.3) is 22.2 Å². The monoisotopic (exact) mass is 436 g/mol. The maximum Gasteiger partial charge on any atom is 0.151 e. The molecule has 0 bridgehead atoms. The maximum atomic E-state index is 6.21. The lowest BCUT2D eigenvalue weighted by Crippen LogP contribution is -2.29. The fraction of sp³-hybridized carbons (Fsp3) is 0.565. The summed E-state index contributed by atoms with van der Waals surface area (Å²) >= 11 is 0. The average Bonchev–Trinajstić information content (AvgIpc) is 3.28. The lowest BCUT2D eigenvalue weighted by molar-refractivity contribution is 0.0903. The first-order valence-corrected chi connectivity index (χ1v) is 11.7. The molecule has 2 aliphatic heterocycles. The largest absolute Gasteiger partial charge is 0.382 e. The number of piperidine rings is 1. The van der Waals surface area contributed by atoms with Gasteiger partial charge in [0.15, 0.2) is 5.82 Å². The fourth-order valence-electron chi connectivity index (χ4n) is 4.63. The fourth-order valence-corrected chi connectivity index (χ4v) is 4.63. The first-order chi connectivity index (χ1) is 15.7. The molecule has 0 amide bonds. The van der Waals surface area contributed by atoms with E-state index in [0.29, 0.717) is 23.3 Å². The molecular formula is C23H32N8O. The van der Waals surface area contributed by atoms with Crippen molar-refractivity contribution in [1.82, 2.24) is 30.0 Å². The minimum absolute atomic E-state index is 0.344. The van der Waals surface area contributed by atoms with E-state index in [9.17, 15) is 0 Å². The number of hydrogen-bond acceptors (Lipinski definition) is 8. The second-order valence-electron chi connectivity index (χ2n) is 8.80. The molecule has 3 aromatic heterocycles. The summed E-state index contributed by atoms with van der Waals surface area (Å²) < 4.78 is 7.54. The molecule has 5 heterocycles. The number of nitrogens with one attached hydrogen (secondary N) is 2. The smallest absolute Gasteiger partial charge is 0.151 e.